The topological polar surface area (TPSA) is 54.3 Å². The summed E-state index contributed by atoms with van der Waals surface area (Å²) >= 11 is 3.17. The molecular formula is C11H16BrN3O2. The first-order chi connectivity index (χ1) is 7.95. The van der Waals surface area contributed by atoms with E-state index < -0.39 is 0 Å². The van der Waals surface area contributed by atoms with Gasteiger partial charge in [0, 0.05) is 26.3 Å². The van der Waals surface area contributed by atoms with Crippen LogP contribution in [0.25, 0.3) is 0 Å². The van der Waals surface area contributed by atoms with Crippen LogP contribution in [0.2, 0.25) is 0 Å². The molecule has 0 bridgehead atoms. The third-order valence-corrected chi connectivity index (χ3v) is 2.89. The number of carbonyl (C=O) groups is 1. The second-order valence-corrected chi connectivity index (χ2v) is 4.81. The molecule has 0 fully saturated rings. The fourth-order valence-electron chi connectivity index (χ4n) is 1.34. The van der Waals surface area contributed by atoms with Crippen molar-refractivity contribution in [3.63, 3.8) is 0 Å². The Morgan fingerprint density at radius 1 is 1.53 bits per heavy atom. The van der Waals surface area contributed by atoms with Crippen molar-refractivity contribution in [1.29, 1.82) is 0 Å². The summed E-state index contributed by atoms with van der Waals surface area (Å²) in [6.07, 6.45) is 1.58. The molecule has 0 radical (unpaired) electrons. The molecule has 0 aromatic carbocycles. The zero-order chi connectivity index (χ0) is 13.0. The number of hydrogen-bond donors (Lipinski definition) is 1. The predicted octanol–water partition coefficient (Wildman–Crippen LogP) is 0.532. The van der Waals surface area contributed by atoms with Gasteiger partial charge in [0.05, 0.1) is 10.0 Å². The van der Waals surface area contributed by atoms with Crippen molar-refractivity contribution in [1.82, 2.24) is 14.8 Å². The highest BCUT2D eigenvalue weighted by Gasteiger charge is 2.09. The number of carbonyl (C=O) groups excluding carboxylic acids is 1. The summed E-state index contributed by atoms with van der Waals surface area (Å²) in [5.74, 6) is -0.204. The van der Waals surface area contributed by atoms with Crippen LogP contribution >= 0.6 is 15.9 Å². The monoisotopic (exact) mass is 301 g/mol. The van der Waals surface area contributed by atoms with Gasteiger partial charge in [-0.15, -0.1) is 0 Å². The normalized spacial score (nSPS) is 10.6. The molecule has 1 N–H and O–H groups in total. The zero-order valence-corrected chi connectivity index (χ0v) is 11.7. The van der Waals surface area contributed by atoms with Crippen LogP contribution in [0, 0.1) is 0 Å². The molecule has 1 heterocycles. The Labute approximate surface area is 109 Å². The van der Waals surface area contributed by atoms with Crippen molar-refractivity contribution in [3.8, 4) is 0 Å². The number of nitrogens with zero attached hydrogens (tertiary/aromatic N) is 2. The molecule has 6 heteroatoms. The minimum atomic E-state index is -0.204. The first kappa shape index (κ1) is 13.9. The Morgan fingerprint density at radius 3 is 2.71 bits per heavy atom. The minimum Gasteiger partial charge on any atom is -0.355 e. The van der Waals surface area contributed by atoms with Gasteiger partial charge >= 0.3 is 0 Å². The summed E-state index contributed by atoms with van der Waals surface area (Å²) in [5.41, 5.74) is 0.345. The minimum absolute atomic E-state index is 0.125. The molecule has 0 unspecified atom stereocenters. The lowest BCUT2D eigenvalue weighted by Gasteiger charge is -2.12. The highest BCUT2D eigenvalue weighted by Crippen LogP contribution is 2.07. The van der Waals surface area contributed by atoms with Crippen molar-refractivity contribution < 1.29 is 4.79 Å². The van der Waals surface area contributed by atoms with Crippen molar-refractivity contribution in [2.45, 2.75) is 6.54 Å². The summed E-state index contributed by atoms with van der Waals surface area (Å²) in [7, 11) is 5.43. The smallest absolute Gasteiger partial charge is 0.264 e. The highest BCUT2D eigenvalue weighted by atomic mass is 79.9. The third-order valence-electron chi connectivity index (χ3n) is 2.32. The number of hydrogen-bond acceptors (Lipinski definition) is 3. The van der Waals surface area contributed by atoms with Crippen LogP contribution < -0.4 is 10.9 Å². The lowest BCUT2D eigenvalue weighted by Crippen LogP contribution is -2.29. The molecule has 94 valence electrons. The quantitative estimate of drug-likeness (QED) is 0.883. The van der Waals surface area contributed by atoms with Crippen LogP contribution in [0.5, 0.6) is 0 Å². The summed E-state index contributed by atoms with van der Waals surface area (Å²) in [6, 6.07) is 1.54. The SMILES string of the molecule is CNC(=O)c1cc(Br)c(=O)n(CCN(C)C)c1. The van der Waals surface area contributed by atoms with Crippen molar-refractivity contribution >= 4 is 21.8 Å². The largest absolute Gasteiger partial charge is 0.355 e. The van der Waals surface area contributed by atoms with Crippen molar-refractivity contribution in [2.24, 2.45) is 0 Å². The van der Waals surface area contributed by atoms with Gasteiger partial charge in [-0.1, -0.05) is 0 Å². The molecule has 0 saturated heterocycles. The first-order valence-electron chi connectivity index (χ1n) is 5.22. The van der Waals surface area contributed by atoms with Crippen molar-refractivity contribution in [3.05, 3.63) is 32.7 Å². The van der Waals surface area contributed by atoms with E-state index >= 15 is 0 Å². The van der Waals surface area contributed by atoms with Gasteiger partial charge in [0.1, 0.15) is 0 Å². The molecule has 0 atom stereocenters. The molecule has 0 aliphatic carbocycles. The van der Waals surface area contributed by atoms with Gasteiger partial charge in [0.25, 0.3) is 11.5 Å². The first-order valence-corrected chi connectivity index (χ1v) is 6.01. The Hall–Kier alpha value is -1.14. The maximum Gasteiger partial charge on any atom is 0.264 e. The molecular weight excluding hydrogens is 286 g/mol. The Kier molecular flexibility index (Phi) is 4.89. The van der Waals surface area contributed by atoms with Crippen LogP contribution in [0.15, 0.2) is 21.5 Å². The average molecular weight is 302 g/mol. The van der Waals surface area contributed by atoms with E-state index in [1.165, 1.54) is 10.6 Å². The Morgan fingerprint density at radius 2 is 2.18 bits per heavy atom. The van der Waals surface area contributed by atoms with Gasteiger partial charge in [-0.05, 0) is 36.1 Å². The van der Waals surface area contributed by atoms with Gasteiger partial charge in [-0.25, -0.2) is 0 Å². The van der Waals surface area contributed by atoms with Crippen LogP contribution in [-0.2, 0) is 6.54 Å². The van der Waals surface area contributed by atoms with E-state index in [1.54, 1.807) is 13.2 Å². The lowest BCUT2D eigenvalue weighted by molar-refractivity contribution is 0.0962. The van der Waals surface area contributed by atoms with Gasteiger partial charge < -0.3 is 14.8 Å². The van der Waals surface area contributed by atoms with Crippen molar-refractivity contribution in [2.75, 3.05) is 27.7 Å². The van der Waals surface area contributed by atoms with Gasteiger partial charge in [-0.3, -0.25) is 9.59 Å². The number of amides is 1. The number of pyridine rings is 1. The zero-order valence-electron chi connectivity index (χ0n) is 10.2. The molecule has 0 aliphatic heterocycles. The average Bonchev–Trinajstić information content (AvgIpc) is 2.29. The summed E-state index contributed by atoms with van der Waals surface area (Å²) in [6.45, 7) is 1.29. The van der Waals surface area contributed by atoms with Crippen LogP contribution in [0.3, 0.4) is 0 Å². The summed E-state index contributed by atoms with van der Waals surface area (Å²) in [5, 5.41) is 2.53. The number of aromatic nitrogens is 1. The number of nitrogens with one attached hydrogen (secondary N) is 1. The fraction of sp³-hybridized carbons (Fsp3) is 0.455. The van der Waals surface area contributed by atoms with Crippen LogP contribution in [0.1, 0.15) is 10.4 Å². The number of likely N-dealkylation sites (N-methyl/N-ethyl adjacent to an activating group) is 1. The second kappa shape index (κ2) is 5.97. The summed E-state index contributed by atoms with van der Waals surface area (Å²) in [4.78, 5) is 25.3. The van der Waals surface area contributed by atoms with Gasteiger partial charge in [-0.2, -0.15) is 0 Å². The molecule has 1 rings (SSSR count). The molecule has 0 saturated carbocycles. The molecule has 0 spiro atoms. The highest BCUT2D eigenvalue weighted by molar-refractivity contribution is 9.10. The number of halogens is 1. The predicted molar refractivity (Wildman–Crippen MR) is 70.3 cm³/mol. The van der Waals surface area contributed by atoms with E-state index in [9.17, 15) is 9.59 Å². The van der Waals surface area contributed by atoms with Crippen LogP contribution in [0.4, 0.5) is 0 Å². The Balaban J connectivity index is 3.07. The maximum absolute atomic E-state index is 11.8. The van der Waals surface area contributed by atoms with E-state index in [2.05, 4.69) is 21.2 Å². The molecule has 1 aromatic rings. The van der Waals surface area contributed by atoms with Crippen LogP contribution in [-0.4, -0.2) is 43.1 Å². The third kappa shape index (κ3) is 3.67. The standard InChI is InChI=1S/C11H16BrN3O2/c1-13-10(16)8-6-9(12)11(17)15(7-8)5-4-14(2)3/h6-7H,4-5H2,1-3H3,(H,13,16). The summed E-state index contributed by atoms with van der Waals surface area (Å²) < 4.78 is 1.94. The lowest BCUT2D eigenvalue weighted by atomic mass is 10.2. The number of rotatable bonds is 4. The Bertz CT molecular complexity index is 468. The maximum atomic E-state index is 11.8. The molecule has 1 amide bonds. The molecule has 17 heavy (non-hydrogen) atoms. The molecule has 1 aromatic heterocycles. The van der Waals surface area contributed by atoms with Gasteiger partial charge in [0.15, 0.2) is 0 Å². The fourth-order valence-corrected chi connectivity index (χ4v) is 1.82. The van der Waals surface area contributed by atoms with Gasteiger partial charge in [0.2, 0.25) is 0 Å². The van der Waals surface area contributed by atoms with E-state index in [1.807, 2.05) is 19.0 Å². The van der Waals surface area contributed by atoms with E-state index in [0.29, 0.717) is 16.6 Å². The van der Waals surface area contributed by atoms with E-state index in [4.69, 9.17) is 0 Å². The second-order valence-electron chi connectivity index (χ2n) is 3.96. The molecule has 5 nitrogen and oxygen atoms in total. The van der Waals surface area contributed by atoms with E-state index in [-0.39, 0.29) is 11.5 Å². The molecule has 0 aliphatic rings. The van der Waals surface area contributed by atoms with E-state index in [0.717, 1.165) is 6.54 Å².